The van der Waals surface area contributed by atoms with Gasteiger partial charge in [-0.3, -0.25) is 4.79 Å². The summed E-state index contributed by atoms with van der Waals surface area (Å²) >= 11 is 0. The number of hydrogen-bond acceptors (Lipinski definition) is 1. The molecule has 0 fully saturated rings. The van der Waals surface area contributed by atoms with Crippen LogP contribution in [0, 0.1) is 0 Å². The van der Waals surface area contributed by atoms with Gasteiger partial charge in [0.15, 0.2) is 5.78 Å². The molecular weight excluding hydrogens is 340 g/mol. The fraction of sp³-hybridized carbons (Fsp3) is 0.296. The van der Waals surface area contributed by atoms with Crippen molar-refractivity contribution in [1.82, 2.24) is 0 Å². The largest absolute Gasteiger partial charge is 0.294 e. The molecule has 28 heavy (non-hydrogen) atoms. The summed E-state index contributed by atoms with van der Waals surface area (Å²) in [6.45, 7) is 8.94. The smallest absolute Gasteiger partial charge is 0.163 e. The number of carbonyl (C=O) groups excluding carboxylic acids is 1. The Kier molecular flexibility index (Phi) is 6.46. The molecule has 0 bridgehead atoms. The first-order valence-electron chi connectivity index (χ1n) is 10.3. The predicted molar refractivity (Wildman–Crippen MR) is 119 cm³/mol. The minimum absolute atomic E-state index is 0.210. The third-order valence-electron chi connectivity index (χ3n) is 5.41. The van der Waals surface area contributed by atoms with Gasteiger partial charge in [0.1, 0.15) is 0 Å². The van der Waals surface area contributed by atoms with Gasteiger partial charge in [-0.1, -0.05) is 100 Å². The first-order chi connectivity index (χ1) is 13.5. The van der Waals surface area contributed by atoms with Crippen LogP contribution in [0.2, 0.25) is 0 Å². The van der Waals surface area contributed by atoms with E-state index in [1.807, 2.05) is 30.3 Å². The average molecular weight is 371 g/mol. The van der Waals surface area contributed by atoms with Gasteiger partial charge in [0.25, 0.3) is 0 Å². The number of Topliss-reactive ketones (excluding diaryl/α,β-unsaturated/α-hetero) is 1. The topological polar surface area (TPSA) is 17.1 Å². The molecule has 3 aromatic carbocycles. The minimum atomic E-state index is 0.210. The number of benzene rings is 3. The van der Waals surface area contributed by atoms with Gasteiger partial charge in [0.2, 0.25) is 0 Å². The molecule has 0 saturated carbocycles. The Bertz CT molecular complexity index is 935. The monoisotopic (exact) mass is 370 g/mol. The van der Waals surface area contributed by atoms with Crippen LogP contribution in [0.5, 0.6) is 0 Å². The van der Waals surface area contributed by atoms with Gasteiger partial charge in [-0.05, 0) is 46.1 Å². The zero-order valence-electron chi connectivity index (χ0n) is 17.4. The van der Waals surface area contributed by atoms with Crippen molar-refractivity contribution in [2.24, 2.45) is 0 Å². The molecule has 0 amide bonds. The molecule has 0 aliphatic rings. The summed E-state index contributed by atoms with van der Waals surface area (Å²) in [5, 5.41) is 0. The molecule has 0 aromatic heterocycles. The zero-order chi connectivity index (χ0) is 20.1. The Labute approximate surface area is 169 Å². The van der Waals surface area contributed by atoms with E-state index < -0.39 is 0 Å². The van der Waals surface area contributed by atoms with E-state index >= 15 is 0 Å². The maximum Gasteiger partial charge on any atom is 0.163 e. The summed E-state index contributed by atoms with van der Waals surface area (Å²) in [5.41, 5.74) is 7.39. The van der Waals surface area contributed by atoms with Crippen LogP contribution in [0.4, 0.5) is 0 Å². The molecule has 0 heterocycles. The van der Waals surface area contributed by atoms with Crippen LogP contribution in [0.15, 0.2) is 72.8 Å². The van der Waals surface area contributed by atoms with Crippen molar-refractivity contribution in [2.45, 2.75) is 52.4 Å². The van der Waals surface area contributed by atoms with Gasteiger partial charge in [-0.25, -0.2) is 0 Å². The number of rotatable bonds is 7. The Morgan fingerprint density at radius 2 is 1.25 bits per heavy atom. The molecule has 0 aliphatic heterocycles. The number of ketones is 1. The van der Waals surface area contributed by atoms with Crippen molar-refractivity contribution < 1.29 is 4.79 Å². The van der Waals surface area contributed by atoms with Gasteiger partial charge < -0.3 is 0 Å². The fourth-order valence-electron chi connectivity index (χ4n) is 3.93. The van der Waals surface area contributed by atoms with Crippen molar-refractivity contribution in [2.75, 3.05) is 0 Å². The van der Waals surface area contributed by atoms with E-state index in [1.54, 1.807) is 0 Å². The molecule has 1 heteroatoms. The summed E-state index contributed by atoms with van der Waals surface area (Å²) in [6.07, 6.45) is 1.30. The Morgan fingerprint density at radius 1 is 0.679 bits per heavy atom. The van der Waals surface area contributed by atoms with E-state index in [1.165, 1.54) is 27.8 Å². The molecule has 0 saturated heterocycles. The molecule has 0 atom stereocenters. The molecule has 144 valence electrons. The average Bonchev–Trinajstić information content (AvgIpc) is 2.72. The second-order valence-electron chi connectivity index (χ2n) is 8.06. The third kappa shape index (κ3) is 4.42. The van der Waals surface area contributed by atoms with Crippen LogP contribution in [0.1, 0.15) is 73.0 Å². The standard InChI is InChI=1S/C27H30O/c1-19(2)22-13-8-9-14-24(22)25-16-10-15-23(20(3)4)26(25)17-18-27(28)21-11-6-5-7-12-21/h5-16,19-20H,17-18H2,1-4H3. The molecule has 0 N–H and O–H groups in total. The lowest BCUT2D eigenvalue weighted by molar-refractivity contribution is 0.0983. The second kappa shape index (κ2) is 9.01. The van der Waals surface area contributed by atoms with Gasteiger partial charge in [0, 0.05) is 12.0 Å². The Balaban J connectivity index is 2.01. The first-order valence-corrected chi connectivity index (χ1v) is 10.3. The SMILES string of the molecule is CC(C)c1ccccc1-c1cccc(C(C)C)c1CCC(=O)c1ccccc1. The molecule has 0 unspecified atom stereocenters. The lowest BCUT2D eigenvalue weighted by Crippen LogP contribution is -2.06. The van der Waals surface area contributed by atoms with Crippen LogP contribution in [0.3, 0.4) is 0 Å². The highest BCUT2D eigenvalue weighted by molar-refractivity contribution is 5.96. The van der Waals surface area contributed by atoms with E-state index in [-0.39, 0.29) is 5.78 Å². The van der Waals surface area contributed by atoms with Crippen molar-refractivity contribution in [3.8, 4) is 11.1 Å². The molecule has 0 aliphatic carbocycles. The van der Waals surface area contributed by atoms with Gasteiger partial charge in [-0.15, -0.1) is 0 Å². The quantitative estimate of drug-likeness (QED) is 0.396. The third-order valence-corrected chi connectivity index (χ3v) is 5.41. The Morgan fingerprint density at radius 3 is 1.93 bits per heavy atom. The minimum Gasteiger partial charge on any atom is -0.294 e. The van der Waals surface area contributed by atoms with E-state index in [2.05, 4.69) is 70.2 Å². The predicted octanol–water partition coefficient (Wildman–Crippen LogP) is 7.42. The lowest BCUT2D eigenvalue weighted by atomic mass is 9.84. The molecular formula is C27H30O. The van der Waals surface area contributed by atoms with Crippen LogP contribution in [0.25, 0.3) is 11.1 Å². The second-order valence-corrected chi connectivity index (χ2v) is 8.06. The van der Waals surface area contributed by atoms with Crippen LogP contribution < -0.4 is 0 Å². The highest BCUT2D eigenvalue weighted by Crippen LogP contribution is 2.35. The van der Waals surface area contributed by atoms with E-state index in [4.69, 9.17) is 0 Å². The van der Waals surface area contributed by atoms with Crippen molar-refractivity contribution >= 4 is 5.78 Å². The Hall–Kier alpha value is -2.67. The fourth-order valence-corrected chi connectivity index (χ4v) is 3.93. The first kappa shape index (κ1) is 20.1. The maximum absolute atomic E-state index is 12.7. The van der Waals surface area contributed by atoms with Crippen molar-refractivity contribution in [3.05, 3.63) is 95.1 Å². The van der Waals surface area contributed by atoms with Gasteiger partial charge >= 0.3 is 0 Å². The van der Waals surface area contributed by atoms with Crippen molar-refractivity contribution in [3.63, 3.8) is 0 Å². The lowest BCUT2D eigenvalue weighted by Gasteiger charge is -2.20. The summed E-state index contributed by atoms with van der Waals surface area (Å²) in [6, 6.07) is 24.9. The number of hydrogen-bond donors (Lipinski definition) is 0. The summed E-state index contributed by atoms with van der Waals surface area (Å²) in [5.74, 6) is 1.09. The molecule has 0 radical (unpaired) electrons. The van der Waals surface area contributed by atoms with Gasteiger partial charge in [-0.2, -0.15) is 0 Å². The van der Waals surface area contributed by atoms with Crippen molar-refractivity contribution in [1.29, 1.82) is 0 Å². The van der Waals surface area contributed by atoms with Crippen LogP contribution >= 0.6 is 0 Å². The normalized spacial score (nSPS) is 11.2. The molecule has 1 nitrogen and oxygen atoms in total. The summed E-state index contributed by atoms with van der Waals surface area (Å²) in [4.78, 5) is 12.7. The zero-order valence-corrected chi connectivity index (χ0v) is 17.4. The van der Waals surface area contributed by atoms with E-state index in [9.17, 15) is 4.79 Å². The van der Waals surface area contributed by atoms with Crippen LogP contribution in [-0.2, 0) is 6.42 Å². The highest BCUT2D eigenvalue weighted by Gasteiger charge is 2.17. The molecule has 0 spiro atoms. The summed E-state index contributed by atoms with van der Waals surface area (Å²) in [7, 11) is 0. The highest BCUT2D eigenvalue weighted by atomic mass is 16.1. The van der Waals surface area contributed by atoms with Gasteiger partial charge in [0.05, 0.1) is 0 Å². The maximum atomic E-state index is 12.7. The van der Waals surface area contributed by atoms with Crippen LogP contribution in [-0.4, -0.2) is 5.78 Å². The van der Waals surface area contributed by atoms with E-state index in [0.29, 0.717) is 18.3 Å². The molecule has 3 aromatic rings. The molecule has 3 rings (SSSR count). The van der Waals surface area contributed by atoms with E-state index in [0.717, 1.165) is 12.0 Å². The number of carbonyl (C=O) groups is 1. The summed E-state index contributed by atoms with van der Waals surface area (Å²) < 4.78 is 0.